The number of carbonyl (C=O) groups is 2. The van der Waals surface area contributed by atoms with Crippen molar-refractivity contribution >= 4 is 17.5 Å². The maximum Gasteiger partial charge on any atom is 0.262 e. The molecule has 1 aliphatic rings. The van der Waals surface area contributed by atoms with Gasteiger partial charge in [0.15, 0.2) is 18.1 Å². The zero-order valence-corrected chi connectivity index (χ0v) is 19.1. The molecule has 7 heteroatoms. The van der Waals surface area contributed by atoms with Crippen LogP contribution in [0.15, 0.2) is 42.5 Å². The Morgan fingerprint density at radius 1 is 0.969 bits per heavy atom. The Bertz CT molecular complexity index is 924. The van der Waals surface area contributed by atoms with Crippen LogP contribution in [0, 0.1) is 0 Å². The molecule has 0 bridgehead atoms. The molecule has 0 spiro atoms. The van der Waals surface area contributed by atoms with E-state index in [4.69, 9.17) is 14.2 Å². The van der Waals surface area contributed by atoms with E-state index in [1.807, 2.05) is 24.0 Å². The van der Waals surface area contributed by atoms with Crippen molar-refractivity contribution in [3.63, 3.8) is 0 Å². The lowest BCUT2D eigenvalue weighted by molar-refractivity contribution is -0.118. The minimum absolute atomic E-state index is 0.00170. The highest BCUT2D eigenvalue weighted by Gasteiger charge is 2.25. The molecule has 0 aliphatic heterocycles. The van der Waals surface area contributed by atoms with Gasteiger partial charge in [-0.15, -0.1) is 0 Å². The monoisotopic (exact) mass is 440 g/mol. The number of methoxy groups -OCH3 is 2. The molecular weight excluding hydrogens is 408 g/mol. The van der Waals surface area contributed by atoms with E-state index >= 15 is 0 Å². The number of ether oxygens (including phenoxy) is 3. The van der Waals surface area contributed by atoms with Crippen LogP contribution in [0.1, 0.15) is 49.4 Å². The number of para-hydroxylation sites is 2. The maximum atomic E-state index is 13.1. The molecule has 1 fully saturated rings. The van der Waals surface area contributed by atoms with Gasteiger partial charge in [0.05, 0.1) is 19.9 Å². The van der Waals surface area contributed by atoms with Crippen LogP contribution in [0.2, 0.25) is 0 Å². The minimum Gasteiger partial charge on any atom is -0.495 e. The third kappa shape index (κ3) is 5.72. The molecule has 1 aliphatic carbocycles. The molecule has 2 aromatic rings. The van der Waals surface area contributed by atoms with E-state index in [1.54, 1.807) is 37.4 Å². The fourth-order valence-electron chi connectivity index (χ4n) is 4.12. The summed E-state index contributed by atoms with van der Waals surface area (Å²) in [5, 5.41) is 2.77. The summed E-state index contributed by atoms with van der Waals surface area (Å²) >= 11 is 0. The van der Waals surface area contributed by atoms with Gasteiger partial charge in [-0.1, -0.05) is 31.4 Å². The Hall–Kier alpha value is -3.22. The Morgan fingerprint density at radius 2 is 1.69 bits per heavy atom. The molecule has 32 heavy (non-hydrogen) atoms. The highest BCUT2D eigenvalue weighted by Crippen LogP contribution is 2.30. The second kappa shape index (κ2) is 11.4. The Labute approximate surface area is 189 Å². The fraction of sp³-hybridized carbons (Fsp3) is 0.440. The van der Waals surface area contributed by atoms with Gasteiger partial charge in [-0.05, 0) is 50.1 Å². The topological polar surface area (TPSA) is 77.1 Å². The van der Waals surface area contributed by atoms with Gasteiger partial charge in [-0.25, -0.2) is 0 Å². The van der Waals surface area contributed by atoms with Gasteiger partial charge in [-0.3, -0.25) is 9.59 Å². The zero-order valence-electron chi connectivity index (χ0n) is 19.1. The van der Waals surface area contributed by atoms with E-state index in [9.17, 15) is 9.59 Å². The van der Waals surface area contributed by atoms with E-state index in [0.29, 0.717) is 41.1 Å². The lowest BCUT2D eigenvalue weighted by Gasteiger charge is -2.33. The van der Waals surface area contributed by atoms with E-state index in [-0.39, 0.29) is 18.4 Å². The van der Waals surface area contributed by atoms with Gasteiger partial charge >= 0.3 is 0 Å². The van der Waals surface area contributed by atoms with Gasteiger partial charge in [0.2, 0.25) is 0 Å². The highest BCUT2D eigenvalue weighted by molar-refractivity contribution is 5.95. The first-order valence-corrected chi connectivity index (χ1v) is 11.1. The molecule has 3 rings (SSSR count). The first kappa shape index (κ1) is 23.4. The lowest BCUT2D eigenvalue weighted by Crippen LogP contribution is -2.41. The molecule has 172 valence electrons. The highest BCUT2D eigenvalue weighted by atomic mass is 16.5. The van der Waals surface area contributed by atoms with Crippen molar-refractivity contribution in [3.05, 3.63) is 48.0 Å². The van der Waals surface area contributed by atoms with Crippen LogP contribution in [0.4, 0.5) is 5.69 Å². The predicted molar refractivity (Wildman–Crippen MR) is 124 cm³/mol. The van der Waals surface area contributed by atoms with Gasteiger partial charge < -0.3 is 24.4 Å². The van der Waals surface area contributed by atoms with Crippen molar-refractivity contribution in [1.82, 2.24) is 4.90 Å². The number of anilines is 1. The van der Waals surface area contributed by atoms with Gasteiger partial charge in [0.25, 0.3) is 11.8 Å². The summed E-state index contributed by atoms with van der Waals surface area (Å²) in [4.78, 5) is 27.4. The largest absolute Gasteiger partial charge is 0.495 e. The van der Waals surface area contributed by atoms with Crippen molar-refractivity contribution in [2.45, 2.75) is 45.1 Å². The quantitative estimate of drug-likeness (QED) is 0.621. The summed E-state index contributed by atoms with van der Waals surface area (Å²) < 4.78 is 16.3. The van der Waals surface area contributed by atoms with Gasteiger partial charge in [0.1, 0.15) is 5.75 Å². The molecule has 0 aromatic heterocycles. The van der Waals surface area contributed by atoms with Crippen LogP contribution in [0.25, 0.3) is 0 Å². The third-order valence-electron chi connectivity index (χ3n) is 5.77. The van der Waals surface area contributed by atoms with Crippen molar-refractivity contribution in [2.75, 3.05) is 32.7 Å². The van der Waals surface area contributed by atoms with Crippen molar-refractivity contribution < 1.29 is 23.8 Å². The van der Waals surface area contributed by atoms with Crippen LogP contribution in [-0.2, 0) is 4.79 Å². The van der Waals surface area contributed by atoms with E-state index < -0.39 is 0 Å². The number of benzene rings is 2. The molecule has 2 aromatic carbocycles. The number of carbonyl (C=O) groups excluding carboxylic acids is 2. The van der Waals surface area contributed by atoms with Crippen LogP contribution < -0.4 is 19.5 Å². The molecule has 1 N–H and O–H groups in total. The normalized spacial score (nSPS) is 13.8. The number of nitrogens with one attached hydrogen (secondary N) is 1. The molecule has 0 heterocycles. The number of rotatable bonds is 9. The van der Waals surface area contributed by atoms with E-state index in [0.717, 1.165) is 12.8 Å². The SMILES string of the molecule is CCN(C(=O)c1ccc(OCC(=O)Nc2ccccc2OC)c(OC)c1)C1CCCCC1. The second-order valence-electron chi connectivity index (χ2n) is 7.79. The third-order valence-corrected chi connectivity index (χ3v) is 5.77. The molecule has 7 nitrogen and oxygen atoms in total. The van der Waals surface area contributed by atoms with Gasteiger partial charge in [0, 0.05) is 18.2 Å². The van der Waals surface area contributed by atoms with E-state index in [1.165, 1.54) is 26.4 Å². The Kier molecular flexibility index (Phi) is 8.36. The number of hydrogen-bond donors (Lipinski definition) is 1. The minimum atomic E-state index is -0.328. The molecular formula is C25H32N2O5. The molecule has 0 saturated heterocycles. The molecule has 0 atom stereocenters. The average molecular weight is 441 g/mol. The van der Waals surface area contributed by atoms with Crippen LogP contribution in [0.3, 0.4) is 0 Å². The second-order valence-corrected chi connectivity index (χ2v) is 7.79. The van der Waals surface area contributed by atoms with Crippen molar-refractivity contribution in [1.29, 1.82) is 0 Å². The summed E-state index contributed by atoms with van der Waals surface area (Å²) in [6.07, 6.45) is 5.69. The maximum absolute atomic E-state index is 13.1. The average Bonchev–Trinajstić information content (AvgIpc) is 2.84. The first-order chi connectivity index (χ1) is 15.6. The summed E-state index contributed by atoms with van der Waals surface area (Å²) in [5.74, 6) is 1.06. The molecule has 0 unspecified atom stereocenters. The molecule has 2 amide bonds. The predicted octanol–water partition coefficient (Wildman–Crippen LogP) is 4.52. The number of nitrogens with zero attached hydrogens (tertiary/aromatic N) is 1. The Morgan fingerprint density at radius 3 is 2.38 bits per heavy atom. The van der Waals surface area contributed by atoms with Crippen LogP contribution in [0.5, 0.6) is 17.2 Å². The van der Waals surface area contributed by atoms with Crippen LogP contribution >= 0.6 is 0 Å². The number of hydrogen-bond acceptors (Lipinski definition) is 5. The summed E-state index contributed by atoms with van der Waals surface area (Å²) in [6, 6.07) is 12.5. The van der Waals surface area contributed by atoms with Crippen molar-refractivity contribution in [3.8, 4) is 17.2 Å². The lowest BCUT2D eigenvalue weighted by atomic mass is 9.93. The Balaban J connectivity index is 1.65. The number of amides is 2. The van der Waals surface area contributed by atoms with Crippen molar-refractivity contribution in [2.24, 2.45) is 0 Å². The summed E-state index contributed by atoms with van der Waals surface area (Å²) in [5.41, 5.74) is 1.12. The fourth-order valence-corrected chi connectivity index (χ4v) is 4.12. The smallest absolute Gasteiger partial charge is 0.262 e. The summed E-state index contributed by atoms with van der Waals surface area (Å²) in [6.45, 7) is 2.49. The first-order valence-electron chi connectivity index (χ1n) is 11.1. The van der Waals surface area contributed by atoms with E-state index in [2.05, 4.69) is 5.32 Å². The van der Waals surface area contributed by atoms with Gasteiger partial charge in [-0.2, -0.15) is 0 Å². The summed E-state index contributed by atoms with van der Waals surface area (Å²) in [7, 11) is 3.06. The van der Waals surface area contributed by atoms with Crippen LogP contribution in [-0.4, -0.2) is 50.1 Å². The molecule has 1 saturated carbocycles. The molecule has 0 radical (unpaired) electrons. The zero-order chi connectivity index (χ0) is 22.9. The standard InChI is InChI=1S/C25H32N2O5/c1-4-27(19-10-6-5-7-11-19)25(29)18-14-15-22(23(16-18)31-3)32-17-24(28)26-20-12-8-9-13-21(20)30-2/h8-9,12-16,19H,4-7,10-11,17H2,1-3H3,(H,26,28).